The van der Waals surface area contributed by atoms with Gasteiger partial charge in [0.1, 0.15) is 0 Å². The summed E-state index contributed by atoms with van der Waals surface area (Å²) in [6.07, 6.45) is 3.42. The summed E-state index contributed by atoms with van der Waals surface area (Å²) in [5.41, 5.74) is -0.117. The number of rotatable bonds is 10. The third kappa shape index (κ3) is 6.46. The summed E-state index contributed by atoms with van der Waals surface area (Å²) in [5, 5.41) is 12.8. The predicted molar refractivity (Wildman–Crippen MR) is 70.8 cm³/mol. The van der Waals surface area contributed by atoms with Crippen LogP contribution in [0.5, 0.6) is 0 Å². The lowest BCUT2D eigenvalue weighted by molar-refractivity contribution is 0.146. The van der Waals surface area contributed by atoms with Crippen LogP contribution in [0.1, 0.15) is 47.0 Å². The second-order valence-corrected chi connectivity index (χ2v) is 4.84. The van der Waals surface area contributed by atoms with Crippen LogP contribution in [-0.2, 0) is 0 Å². The largest absolute Gasteiger partial charge is 0.394 e. The van der Waals surface area contributed by atoms with E-state index in [4.69, 9.17) is 0 Å². The van der Waals surface area contributed by atoms with Crippen molar-refractivity contribution in [1.29, 1.82) is 0 Å². The highest BCUT2D eigenvalue weighted by atomic mass is 16.3. The van der Waals surface area contributed by atoms with Gasteiger partial charge in [-0.25, -0.2) is 0 Å². The molecule has 0 spiro atoms. The highest BCUT2D eigenvalue weighted by Gasteiger charge is 2.22. The molecule has 3 heteroatoms. The molecule has 0 heterocycles. The molecule has 0 aliphatic heterocycles. The van der Waals surface area contributed by atoms with E-state index >= 15 is 0 Å². The molecule has 0 aromatic heterocycles. The summed E-state index contributed by atoms with van der Waals surface area (Å²) >= 11 is 0. The summed E-state index contributed by atoms with van der Waals surface area (Å²) < 4.78 is 0. The van der Waals surface area contributed by atoms with Crippen LogP contribution in [0, 0.1) is 0 Å². The van der Waals surface area contributed by atoms with Crippen molar-refractivity contribution < 1.29 is 5.11 Å². The Morgan fingerprint density at radius 3 is 2.00 bits per heavy atom. The van der Waals surface area contributed by atoms with Gasteiger partial charge < -0.3 is 15.3 Å². The van der Waals surface area contributed by atoms with Crippen LogP contribution in [0.3, 0.4) is 0 Å². The van der Waals surface area contributed by atoms with Crippen molar-refractivity contribution in [2.75, 3.05) is 32.8 Å². The molecule has 1 atom stereocenters. The number of nitrogens with zero attached hydrogens (tertiary/aromatic N) is 1. The second kappa shape index (κ2) is 8.97. The van der Waals surface area contributed by atoms with Gasteiger partial charge >= 0.3 is 0 Å². The maximum absolute atomic E-state index is 9.41. The topological polar surface area (TPSA) is 35.5 Å². The van der Waals surface area contributed by atoms with E-state index in [2.05, 4.69) is 37.9 Å². The Morgan fingerprint density at radius 1 is 1.06 bits per heavy atom. The van der Waals surface area contributed by atoms with Gasteiger partial charge in [0.25, 0.3) is 0 Å². The highest BCUT2D eigenvalue weighted by molar-refractivity contribution is 4.82. The molecular weight excluding hydrogens is 200 g/mol. The number of hydrogen-bond donors (Lipinski definition) is 2. The molecule has 98 valence electrons. The first-order valence-corrected chi connectivity index (χ1v) is 6.70. The van der Waals surface area contributed by atoms with E-state index in [1.807, 2.05) is 0 Å². The third-order valence-electron chi connectivity index (χ3n) is 3.01. The molecule has 0 bridgehead atoms. The average Bonchev–Trinajstić information content (AvgIpc) is 2.27. The summed E-state index contributed by atoms with van der Waals surface area (Å²) in [6.45, 7) is 13.2. The van der Waals surface area contributed by atoms with Gasteiger partial charge in [0.2, 0.25) is 0 Å². The maximum Gasteiger partial charge on any atom is 0.0611 e. The van der Waals surface area contributed by atoms with E-state index in [1.165, 1.54) is 25.9 Å². The van der Waals surface area contributed by atoms with Gasteiger partial charge in [-0.3, -0.25) is 0 Å². The van der Waals surface area contributed by atoms with Crippen molar-refractivity contribution >= 4 is 0 Å². The summed E-state index contributed by atoms with van der Waals surface area (Å²) in [4.78, 5) is 2.49. The van der Waals surface area contributed by atoms with E-state index in [-0.39, 0.29) is 12.1 Å². The smallest absolute Gasteiger partial charge is 0.0611 e. The van der Waals surface area contributed by atoms with Gasteiger partial charge in [0.15, 0.2) is 0 Å². The molecule has 0 radical (unpaired) electrons. The summed E-state index contributed by atoms with van der Waals surface area (Å²) in [7, 11) is 0. The quantitative estimate of drug-likeness (QED) is 0.601. The first-order chi connectivity index (χ1) is 7.61. The van der Waals surface area contributed by atoms with Crippen LogP contribution in [-0.4, -0.2) is 48.3 Å². The number of aliphatic hydroxyl groups is 1. The van der Waals surface area contributed by atoms with Gasteiger partial charge in [0, 0.05) is 5.54 Å². The fourth-order valence-electron chi connectivity index (χ4n) is 2.02. The van der Waals surface area contributed by atoms with E-state index in [0.717, 1.165) is 19.5 Å². The Balaban J connectivity index is 4.03. The number of nitrogens with one attached hydrogen (secondary N) is 1. The molecule has 0 aromatic rings. The molecule has 1 unspecified atom stereocenters. The Bertz CT molecular complexity index is 158. The van der Waals surface area contributed by atoms with E-state index in [9.17, 15) is 5.11 Å². The van der Waals surface area contributed by atoms with Crippen molar-refractivity contribution in [3.05, 3.63) is 0 Å². The lowest BCUT2D eigenvalue weighted by Crippen LogP contribution is -2.48. The standard InChI is InChI=1S/C13H30N2O/c1-5-9-15(10-6-2)11-8-13(4,12-16)14-7-3/h14,16H,5-12H2,1-4H3. The third-order valence-corrected chi connectivity index (χ3v) is 3.01. The molecule has 0 aliphatic rings. The molecule has 0 saturated carbocycles. The maximum atomic E-state index is 9.41. The second-order valence-electron chi connectivity index (χ2n) is 4.84. The van der Waals surface area contributed by atoms with Crippen molar-refractivity contribution in [3.63, 3.8) is 0 Å². The molecule has 0 aliphatic carbocycles. The predicted octanol–water partition coefficient (Wildman–Crippen LogP) is 1.86. The summed E-state index contributed by atoms with van der Waals surface area (Å²) in [6, 6.07) is 0. The normalized spacial score (nSPS) is 15.4. The minimum absolute atomic E-state index is 0.117. The summed E-state index contributed by atoms with van der Waals surface area (Å²) in [5.74, 6) is 0. The molecule has 0 rings (SSSR count). The molecular formula is C13H30N2O. The van der Waals surface area contributed by atoms with Crippen LogP contribution in [0.15, 0.2) is 0 Å². The molecule has 2 N–H and O–H groups in total. The SMILES string of the molecule is CCCN(CCC)CCC(C)(CO)NCC. The fraction of sp³-hybridized carbons (Fsp3) is 1.00. The zero-order valence-electron chi connectivity index (χ0n) is 11.6. The first kappa shape index (κ1) is 15.9. The van der Waals surface area contributed by atoms with Crippen LogP contribution >= 0.6 is 0 Å². The Labute approximate surface area is 101 Å². The Kier molecular flexibility index (Phi) is 8.90. The van der Waals surface area contributed by atoms with E-state index in [0.29, 0.717) is 0 Å². The van der Waals surface area contributed by atoms with E-state index < -0.39 is 0 Å². The lowest BCUT2D eigenvalue weighted by Gasteiger charge is -2.31. The fourth-order valence-corrected chi connectivity index (χ4v) is 2.02. The number of likely N-dealkylation sites (N-methyl/N-ethyl adjacent to an activating group) is 1. The number of hydrogen-bond acceptors (Lipinski definition) is 3. The van der Waals surface area contributed by atoms with E-state index in [1.54, 1.807) is 0 Å². The molecule has 0 aromatic carbocycles. The zero-order chi connectivity index (χ0) is 12.4. The molecule has 0 fully saturated rings. The highest BCUT2D eigenvalue weighted by Crippen LogP contribution is 2.10. The molecule has 0 amide bonds. The van der Waals surface area contributed by atoms with Crippen LogP contribution in [0.4, 0.5) is 0 Å². The average molecular weight is 230 g/mol. The van der Waals surface area contributed by atoms with Crippen molar-refractivity contribution in [1.82, 2.24) is 10.2 Å². The van der Waals surface area contributed by atoms with Crippen molar-refractivity contribution in [2.24, 2.45) is 0 Å². The minimum Gasteiger partial charge on any atom is -0.394 e. The van der Waals surface area contributed by atoms with Gasteiger partial charge in [-0.2, -0.15) is 0 Å². The van der Waals surface area contributed by atoms with Gasteiger partial charge in [0.05, 0.1) is 6.61 Å². The Hall–Kier alpha value is -0.120. The minimum atomic E-state index is -0.117. The molecule has 0 saturated heterocycles. The molecule has 16 heavy (non-hydrogen) atoms. The van der Waals surface area contributed by atoms with Crippen LogP contribution < -0.4 is 5.32 Å². The van der Waals surface area contributed by atoms with Crippen LogP contribution in [0.25, 0.3) is 0 Å². The van der Waals surface area contributed by atoms with Gasteiger partial charge in [-0.05, 0) is 52.4 Å². The van der Waals surface area contributed by atoms with Crippen LogP contribution in [0.2, 0.25) is 0 Å². The van der Waals surface area contributed by atoms with Crippen molar-refractivity contribution in [2.45, 2.75) is 52.5 Å². The number of aliphatic hydroxyl groups excluding tert-OH is 1. The Morgan fingerprint density at radius 2 is 1.62 bits per heavy atom. The van der Waals surface area contributed by atoms with Gasteiger partial charge in [-0.1, -0.05) is 20.8 Å². The lowest BCUT2D eigenvalue weighted by atomic mass is 9.98. The van der Waals surface area contributed by atoms with Gasteiger partial charge in [-0.15, -0.1) is 0 Å². The monoisotopic (exact) mass is 230 g/mol. The van der Waals surface area contributed by atoms with Crippen molar-refractivity contribution in [3.8, 4) is 0 Å². The zero-order valence-corrected chi connectivity index (χ0v) is 11.6. The molecule has 3 nitrogen and oxygen atoms in total. The first-order valence-electron chi connectivity index (χ1n) is 6.70.